The van der Waals surface area contributed by atoms with Gasteiger partial charge in [-0.1, -0.05) is 17.5 Å². The van der Waals surface area contributed by atoms with Crippen LogP contribution in [0.15, 0.2) is 21.7 Å². The Bertz CT molecular complexity index is 989. The molecule has 0 radical (unpaired) electrons. The monoisotopic (exact) mass is 377 g/mol. The van der Waals surface area contributed by atoms with Crippen molar-refractivity contribution in [3.8, 4) is 24.0 Å². The van der Waals surface area contributed by atoms with E-state index in [0.717, 1.165) is 7.05 Å². The van der Waals surface area contributed by atoms with E-state index in [-0.39, 0.29) is 32.7 Å². The Morgan fingerprint density at radius 1 is 1.36 bits per heavy atom. The van der Waals surface area contributed by atoms with E-state index in [0.29, 0.717) is 6.07 Å². The minimum Gasteiger partial charge on any atom is -0.463 e. The first-order valence-electron chi connectivity index (χ1n) is 6.41. The second-order valence-corrected chi connectivity index (χ2v) is 5.02. The molecule has 6 nitrogen and oxygen atoms in total. The summed E-state index contributed by atoms with van der Waals surface area (Å²) in [5, 5.41) is -0.298. The molecule has 0 saturated carbocycles. The molecule has 0 spiro atoms. The first-order chi connectivity index (χ1) is 11.6. The summed E-state index contributed by atoms with van der Waals surface area (Å²) < 4.78 is 57.8. The lowest BCUT2D eigenvalue weighted by Gasteiger charge is -2.14. The van der Waals surface area contributed by atoms with Gasteiger partial charge < -0.3 is 4.74 Å². The molecule has 0 aromatic carbocycles. The molecule has 0 fully saturated rings. The van der Waals surface area contributed by atoms with Crippen LogP contribution in [0.25, 0.3) is 5.82 Å². The minimum atomic E-state index is -4.95. The molecular formula is C14H8ClF4N3O3. The fourth-order valence-electron chi connectivity index (χ4n) is 1.90. The standard InChI is InChI=1S/C14H8ClF4N3O3/c1-3-4-25-12-7(15)5-8(16)11(20-12)22-10(23)6-9(14(17,18)19)21(2)13(22)24/h1,5-6H,4H2,2H3. The van der Waals surface area contributed by atoms with Gasteiger partial charge in [0.25, 0.3) is 5.56 Å². The van der Waals surface area contributed by atoms with E-state index in [9.17, 15) is 27.2 Å². The Labute approximate surface area is 142 Å². The zero-order chi connectivity index (χ0) is 18.9. The highest BCUT2D eigenvalue weighted by molar-refractivity contribution is 6.31. The molecule has 25 heavy (non-hydrogen) atoms. The Morgan fingerprint density at radius 2 is 2.00 bits per heavy atom. The van der Waals surface area contributed by atoms with Gasteiger partial charge in [0.2, 0.25) is 5.88 Å². The van der Waals surface area contributed by atoms with Gasteiger partial charge in [-0.3, -0.25) is 9.36 Å². The fourth-order valence-corrected chi connectivity index (χ4v) is 2.09. The van der Waals surface area contributed by atoms with Gasteiger partial charge in [0.05, 0.1) is 0 Å². The average Bonchev–Trinajstić information content (AvgIpc) is 2.50. The summed E-state index contributed by atoms with van der Waals surface area (Å²) in [4.78, 5) is 27.7. The molecule has 132 valence electrons. The van der Waals surface area contributed by atoms with Gasteiger partial charge in [-0.15, -0.1) is 6.42 Å². The third kappa shape index (κ3) is 3.51. The van der Waals surface area contributed by atoms with Gasteiger partial charge in [0, 0.05) is 19.2 Å². The van der Waals surface area contributed by atoms with E-state index in [1.54, 1.807) is 0 Å². The topological polar surface area (TPSA) is 66.1 Å². The summed E-state index contributed by atoms with van der Waals surface area (Å²) in [6.07, 6.45) is 0.0507. The van der Waals surface area contributed by atoms with Crippen LogP contribution < -0.4 is 16.0 Å². The summed E-state index contributed by atoms with van der Waals surface area (Å²) in [6.45, 7) is -0.294. The highest BCUT2D eigenvalue weighted by Crippen LogP contribution is 2.28. The molecule has 2 heterocycles. The quantitative estimate of drug-likeness (QED) is 0.604. The fraction of sp³-hybridized carbons (Fsp3) is 0.214. The van der Waals surface area contributed by atoms with Crippen molar-refractivity contribution in [1.29, 1.82) is 0 Å². The lowest BCUT2D eigenvalue weighted by Crippen LogP contribution is -2.41. The Hall–Kier alpha value is -2.80. The normalized spacial score (nSPS) is 11.2. The average molecular weight is 378 g/mol. The van der Waals surface area contributed by atoms with Gasteiger partial charge in [0.1, 0.15) is 10.7 Å². The summed E-state index contributed by atoms with van der Waals surface area (Å²) in [5.74, 6) is -0.361. The van der Waals surface area contributed by atoms with Gasteiger partial charge in [-0.25, -0.2) is 13.8 Å². The van der Waals surface area contributed by atoms with E-state index >= 15 is 0 Å². The molecule has 0 bridgehead atoms. The number of hydrogen-bond donors (Lipinski definition) is 0. The van der Waals surface area contributed by atoms with Crippen LogP contribution in [0.3, 0.4) is 0 Å². The van der Waals surface area contributed by atoms with Crippen LogP contribution in [-0.2, 0) is 13.2 Å². The number of aromatic nitrogens is 3. The van der Waals surface area contributed by atoms with Crippen LogP contribution in [-0.4, -0.2) is 20.7 Å². The number of alkyl halides is 3. The van der Waals surface area contributed by atoms with Gasteiger partial charge in [-0.2, -0.15) is 18.2 Å². The van der Waals surface area contributed by atoms with Crippen molar-refractivity contribution in [2.24, 2.45) is 7.05 Å². The summed E-state index contributed by atoms with van der Waals surface area (Å²) in [7, 11) is 0.782. The van der Waals surface area contributed by atoms with Gasteiger partial charge >= 0.3 is 11.9 Å². The van der Waals surface area contributed by atoms with Crippen LogP contribution in [0.5, 0.6) is 5.88 Å². The van der Waals surface area contributed by atoms with Gasteiger partial charge in [-0.05, 0) is 0 Å². The highest BCUT2D eigenvalue weighted by Gasteiger charge is 2.35. The molecule has 2 rings (SSSR count). The maximum absolute atomic E-state index is 14.1. The van der Waals surface area contributed by atoms with E-state index < -0.39 is 34.8 Å². The Balaban J connectivity index is 2.76. The number of pyridine rings is 1. The number of rotatable bonds is 3. The number of hydrogen-bond acceptors (Lipinski definition) is 4. The summed E-state index contributed by atoms with van der Waals surface area (Å²) in [5.41, 5.74) is -4.36. The molecule has 0 atom stereocenters. The van der Waals surface area contributed by atoms with Crippen molar-refractivity contribution in [3.63, 3.8) is 0 Å². The van der Waals surface area contributed by atoms with Crippen molar-refractivity contribution < 1.29 is 22.3 Å². The van der Waals surface area contributed by atoms with E-state index in [2.05, 4.69) is 10.9 Å². The maximum Gasteiger partial charge on any atom is 0.431 e. The number of ether oxygens (including phenoxy) is 1. The summed E-state index contributed by atoms with van der Waals surface area (Å²) in [6, 6.07) is 0.846. The van der Waals surface area contributed by atoms with Crippen molar-refractivity contribution >= 4 is 11.6 Å². The predicted octanol–water partition coefficient (Wildman–Crippen LogP) is 1.75. The zero-order valence-corrected chi connectivity index (χ0v) is 13.2. The maximum atomic E-state index is 14.1. The predicted molar refractivity (Wildman–Crippen MR) is 79.4 cm³/mol. The van der Waals surface area contributed by atoms with Crippen LogP contribution in [0, 0.1) is 18.2 Å². The third-order valence-corrected chi connectivity index (χ3v) is 3.26. The van der Waals surface area contributed by atoms with Crippen LogP contribution in [0.2, 0.25) is 5.02 Å². The van der Waals surface area contributed by atoms with Crippen molar-refractivity contribution in [1.82, 2.24) is 14.1 Å². The van der Waals surface area contributed by atoms with Crippen molar-refractivity contribution in [3.05, 3.63) is 49.5 Å². The Morgan fingerprint density at radius 3 is 2.56 bits per heavy atom. The zero-order valence-electron chi connectivity index (χ0n) is 12.4. The lowest BCUT2D eigenvalue weighted by molar-refractivity contribution is -0.144. The highest BCUT2D eigenvalue weighted by atomic mass is 35.5. The van der Waals surface area contributed by atoms with Crippen molar-refractivity contribution in [2.75, 3.05) is 6.61 Å². The van der Waals surface area contributed by atoms with Crippen LogP contribution in [0.4, 0.5) is 17.6 Å². The van der Waals surface area contributed by atoms with E-state index in [1.165, 1.54) is 0 Å². The molecule has 0 aliphatic heterocycles. The minimum absolute atomic E-state index is 0.129. The van der Waals surface area contributed by atoms with Crippen LogP contribution in [0.1, 0.15) is 5.69 Å². The van der Waals surface area contributed by atoms with Crippen LogP contribution >= 0.6 is 11.6 Å². The smallest absolute Gasteiger partial charge is 0.431 e. The third-order valence-electron chi connectivity index (χ3n) is 2.99. The Kier molecular flexibility index (Phi) is 4.89. The lowest BCUT2D eigenvalue weighted by atomic mass is 10.3. The molecule has 0 aliphatic carbocycles. The molecule has 0 N–H and O–H groups in total. The number of nitrogens with zero attached hydrogens (tertiary/aromatic N) is 3. The SMILES string of the molecule is C#CCOc1nc(-n2c(=O)cc(C(F)(F)F)n(C)c2=O)c(F)cc1Cl. The van der Waals surface area contributed by atoms with Gasteiger partial charge in [0.15, 0.2) is 18.2 Å². The second kappa shape index (κ2) is 6.60. The molecule has 2 aromatic heterocycles. The largest absolute Gasteiger partial charge is 0.463 e. The molecule has 11 heteroatoms. The molecule has 0 saturated heterocycles. The molecule has 0 aliphatic rings. The van der Waals surface area contributed by atoms with Crippen molar-refractivity contribution in [2.45, 2.75) is 6.18 Å². The number of terminal acetylenes is 1. The van der Waals surface area contributed by atoms with E-state index in [1.807, 2.05) is 0 Å². The first kappa shape index (κ1) is 18.5. The molecule has 2 aromatic rings. The molecule has 0 amide bonds. The van der Waals surface area contributed by atoms with E-state index in [4.69, 9.17) is 22.8 Å². The number of halogens is 5. The molecular weight excluding hydrogens is 370 g/mol. The first-order valence-corrected chi connectivity index (χ1v) is 6.78. The summed E-state index contributed by atoms with van der Waals surface area (Å²) >= 11 is 5.71. The second-order valence-electron chi connectivity index (χ2n) is 4.62. The molecule has 0 unspecified atom stereocenters.